The molecule has 0 radical (unpaired) electrons. The van der Waals surface area contributed by atoms with Crippen molar-refractivity contribution in [1.82, 2.24) is 0 Å². The summed E-state index contributed by atoms with van der Waals surface area (Å²) in [6.07, 6.45) is 0. The van der Waals surface area contributed by atoms with Gasteiger partial charge in [-0.05, 0) is 39.0 Å². The van der Waals surface area contributed by atoms with Gasteiger partial charge in [-0.25, -0.2) is 0 Å². The lowest BCUT2D eigenvalue weighted by Crippen LogP contribution is -2.25. The summed E-state index contributed by atoms with van der Waals surface area (Å²) < 4.78 is 6.56. The highest BCUT2D eigenvalue weighted by Gasteiger charge is 2.16. The Balaban J connectivity index is 3.18. The molecular weight excluding hydrogens is 272 g/mol. The third-order valence-electron chi connectivity index (χ3n) is 1.74. The van der Waals surface area contributed by atoms with E-state index in [4.69, 9.17) is 15.7 Å². The van der Waals surface area contributed by atoms with Crippen LogP contribution in [0.4, 0.5) is 0 Å². The van der Waals surface area contributed by atoms with Crippen LogP contribution >= 0.6 is 15.9 Å². The number of nitrogens with zero attached hydrogens (tertiary/aromatic N) is 1. The SMILES string of the molecule is CC(C)(C)Oc1ccc(Br)cc1/C(N)=N/O. The first-order valence-corrected chi connectivity index (χ1v) is 5.59. The minimum absolute atomic E-state index is 0.0283. The average Bonchev–Trinajstić information content (AvgIpc) is 2.17. The molecule has 1 rings (SSSR count). The Kier molecular flexibility index (Phi) is 3.80. The van der Waals surface area contributed by atoms with Gasteiger partial charge in [0.25, 0.3) is 0 Å². The fourth-order valence-corrected chi connectivity index (χ4v) is 1.54. The predicted octanol–water partition coefficient (Wildman–Crippen LogP) is 2.72. The van der Waals surface area contributed by atoms with E-state index >= 15 is 0 Å². The summed E-state index contributed by atoms with van der Waals surface area (Å²) in [5, 5.41) is 11.7. The Morgan fingerprint density at radius 2 is 2.06 bits per heavy atom. The van der Waals surface area contributed by atoms with Crippen molar-refractivity contribution in [2.75, 3.05) is 0 Å². The van der Waals surface area contributed by atoms with Crippen LogP contribution in [0.2, 0.25) is 0 Å². The summed E-state index contributed by atoms with van der Waals surface area (Å²) in [5.41, 5.74) is 5.81. The lowest BCUT2D eigenvalue weighted by Gasteiger charge is -2.23. The number of oxime groups is 1. The van der Waals surface area contributed by atoms with Crippen LogP contribution in [0.15, 0.2) is 27.8 Å². The van der Waals surface area contributed by atoms with E-state index in [-0.39, 0.29) is 11.4 Å². The van der Waals surface area contributed by atoms with Crippen LogP contribution < -0.4 is 10.5 Å². The molecule has 0 bridgehead atoms. The number of ether oxygens (including phenoxy) is 1. The highest BCUT2D eigenvalue weighted by Crippen LogP contribution is 2.26. The molecule has 5 heteroatoms. The third-order valence-corrected chi connectivity index (χ3v) is 2.23. The van der Waals surface area contributed by atoms with Gasteiger partial charge in [0.1, 0.15) is 11.4 Å². The molecule has 0 saturated heterocycles. The van der Waals surface area contributed by atoms with E-state index in [1.807, 2.05) is 26.8 Å². The fraction of sp³-hybridized carbons (Fsp3) is 0.364. The van der Waals surface area contributed by atoms with Crippen LogP contribution in [0, 0.1) is 0 Å². The van der Waals surface area contributed by atoms with E-state index in [1.54, 1.807) is 12.1 Å². The molecule has 4 nitrogen and oxygen atoms in total. The molecule has 0 fully saturated rings. The van der Waals surface area contributed by atoms with Gasteiger partial charge in [-0.3, -0.25) is 0 Å². The van der Waals surface area contributed by atoms with Crippen LogP contribution in [-0.2, 0) is 0 Å². The molecule has 16 heavy (non-hydrogen) atoms. The smallest absolute Gasteiger partial charge is 0.173 e. The number of rotatable bonds is 2. The maximum absolute atomic E-state index is 8.69. The molecule has 0 aliphatic carbocycles. The molecule has 0 unspecified atom stereocenters. The molecule has 88 valence electrons. The van der Waals surface area contributed by atoms with E-state index in [0.717, 1.165) is 4.47 Å². The van der Waals surface area contributed by atoms with E-state index in [9.17, 15) is 0 Å². The predicted molar refractivity (Wildman–Crippen MR) is 67.0 cm³/mol. The van der Waals surface area contributed by atoms with Crippen molar-refractivity contribution >= 4 is 21.8 Å². The van der Waals surface area contributed by atoms with Crippen molar-refractivity contribution < 1.29 is 9.94 Å². The van der Waals surface area contributed by atoms with Gasteiger partial charge in [-0.15, -0.1) is 0 Å². The molecule has 0 saturated carbocycles. The zero-order valence-electron chi connectivity index (χ0n) is 9.49. The summed E-state index contributed by atoms with van der Waals surface area (Å²) in [7, 11) is 0. The van der Waals surface area contributed by atoms with Gasteiger partial charge in [-0.1, -0.05) is 21.1 Å². The third kappa shape index (κ3) is 3.41. The standard InChI is InChI=1S/C11H15BrN2O2/c1-11(2,3)16-9-5-4-7(12)6-8(9)10(13)14-15/h4-6,15H,1-3H3,(H2,13,14). The summed E-state index contributed by atoms with van der Waals surface area (Å²) in [6, 6.07) is 5.37. The number of nitrogens with two attached hydrogens (primary N) is 1. The van der Waals surface area contributed by atoms with Crippen LogP contribution in [0.5, 0.6) is 5.75 Å². The Labute approximate surface area is 103 Å². The van der Waals surface area contributed by atoms with Crippen molar-refractivity contribution in [2.45, 2.75) is 26.4 Å². The second-order valence-corrected chi connectivity index (χ2v) is 5.26. The first-order valence-electron chi connectivity index (χ1n) is 4.80. The molecular formula is C11H15BrN2O2. The summed E-state index contributed by atoms with van der Waals surface area (Å²) in [6.45, 7) is 5.81. The van der Waals surface area contributed by atoms with Gasteiger partial charge in [0.15, 0.2) is 5.84 Å². The van der Waals surface area contributed by atoms with Crippen molar-refractivity contribution in [1.29, 1.82) is 0 Å². The number of halogens is 1. The average molecular weight is 287 g/mol. The second kappa shape index (κ2) is 4.74. The normalized spacial score (nSPS) is 12.6. The largest absolute Gasteiger partial charge is 0.487 e. The van der Waals surface area contributed by atoms with E-state index in [2.05, 4.69) is 21.1 Å². The fourth-order valence-electron chi connectivity index (χ4n) is 1.18. The zero-order valence-corrected chi connectivity index (χ0v) is 11.1. The minimum Gasteiger partial charge on any atom is -0.487 e. The zero-order chi connectivity index (χ0) is 12.3. The summed E-state index contributed by atoms with van der Waals surface area (Å²) in [5.74, 6) is 0.617. The Hall–Kier alpha value is -1.23. The molecule has 0 heterocycles. The van der Waals surface area contributed by atoms with Crippen molar-refractivity contribution in [2.24, 2.45) is 10.9 Å². The molecule has 1 aromatic rings. The van der Waals surface area contributed by atoms with E-state index < -0.39 is 0 Å². The van der Waals surface area contributed by atoms with Crippen LogP contribution in [0.1, 0.15) is 26.3 Å². The molecule has 0 aliphatic heterocycles. The summed E-state index contributed by atoms with van der Waals surface area (Å²) >= 11 is 3.33. The number of benzene rings is 1. The van der Waals surface area contributed by atoms with Gasteiger partial charge < -0.3 is 15.7 Å². The Morgan fingerprint density at radius 1 is 1.44 bits per heavy atom. The highest BCUT2D eigenvalue weighted by atomic mass is 79.9. The van der Waals surface area contributed by atoms with Crippen molar-refractivity contribution in [3.05, 3.63) is 28.2 Å². The van der Waals surface area contributed by atoms with Crippen LogP contribution in [-0.4, -0.2) is 16.6 Å². The topological polar surface area (TPSA) is 67.8 Å². The van der Waals surface area contributed by atoms with Crippen LogP contribution in [0.3, 0.4) is 0 Å². The summed E-state index contributed by atoms with van der Waals surface area (Å²) in [4.78, 5) is 0. The maximum atomic E-state index is 8.69. The van der Waals surface area contributed by atoms with E-state index in [1.165, 1.54) is 0 Å². The van der Waals surface area contributed by atoms with Gasteiger partial charge in [0.05, 0.1) is 5.56 Å². The molecule has 3 N–H and O–H groups in total. The molecule has 0 aliphatic rings. The van der Waals surface area contributed by atoms with E-state index in [0.29, 0.717) is 11.3 Å². The Morgan fingerprint density at radius 3 is 2.56 bits per heavy atom. The quantitative estimate of drug-likeness (QED) is 0.380. The molecule has 0 atom stereocenters. The lowest BCUT2D eigenvalue weighted by atomic mass is 10.1. The number of amidine groups is 1. The van der Waals surface area contributed by atoms with Crippen LogP contribution in [0.25, 0.3) is 0 Å². The highest BCUT2D eigenvalue weighted by molar-refractivity contribution is 9.10. The molecule has 0 amide bonds. The van der Waals surface area contributed by atoms with Crippen molar-refractivity contribution in [3.63, 3.8) is 0 Å². The van der Waals surface area contributed by atoms with Gasteiger partial charge in [0.2, 0.25) is 0 Å². The number of hydrogen-bond donors (Lipinski definition) is 2. The first kappa shape index (κ1) is 12.8. The Bertz CT molecular complexity index is 411. The second-order valence-electron chi connectivity index (χ2n) is 4.34. The minimum atomic E-state index is -0.335. The first-order chi connectivity index (χ1) is 7.33. The van der Waals surface area contributed by atoms with Gasteiger partial charge in [0, 0.05) is 4.47 Å². The number of hydrogen-bond acceptors (Lipinski definition) is 3. The van der Waals surface area contributed by atoms with Gasteiger partial charge in [-0.2, -0.15) is 0 Å². The van der Waals surface area contributed by atoms with Gasteiger partial charge >= 0.3 is 0 Å². The van der Waals surface area contributed by atoms with Crippen molar-refractivity contribution in [3.8, 4) is 5.75 Å². The molecule has 0 spiro atoms. The molecule has 1 aromatic carbocycles. The monoisotopic (exact) mass is 286 g/mol. The maximum Gasteiger partial charge on any atom is 0.173 e. The lowest BCUT2D eigenvalue weighted by molar-refractivity contribution is 0.130. The molecule has 0 aromatic heterocycles.